The molecule has 0 bridgehead atoms. The van der Waals surface area contributed by atoms with Gasteiger partial charge in [-0.2, -0.15) is 0 Å². The van der Waals surface area contributed by atoms with Gasteiger partial charge in [-0.1, -0.05) is 54.6 Å². The van der Waals surface area contributed by atoms with Crippen LogP contribution in [0, 0.1) is 0 Å². The van der Waals surface area contributed by atoms with Gasteiger partial charge in [0.05, 0.1) is 11.2 Å². The van der Waals surface area contributed by atoms with Crippen LogP contribution in [0.5, 0.6) is 0 Å². The van der Waals surface area contributed by atoms with Crippen LogP contribution >= 0.6 is 0 Å². The normalized spacial score (nSPS) is 20.2. The van der Waals surface area contributed by atoms with E-state index in [-0.39, 0.29) is 17.5 Å². The van der Waals surface area contributed by atoms with Crippen molar-refractivity contribution >= 4 is 10.8 Å². The molecular formula is C23H22O2. The van der Waals surface area contributed by atoms with E-state index in [0.29, 0.717) is 0 Å². The van der Waals surface area contributed by atoms with Gasteiger partial charge in [-0.15, -0.1) is 0 Å². The number of benzene rings is 3. The molecule has 1 saturated heterocycles. The van der Waals surface area contributed by atoms with E-state index in [4.69, 9.17) is 9.47 Å². The molecule has 2 heteroatoms. The zero-order chi connectivity index (χ0) is 17.4. The highest BCUT2D eigenvalue weighted by Gasteiger charge is 2.49. The van der Waals surface area contributed by atoms with Gasteiger partial charge >= 0.3 is 0 Å². The van der Waals surface area contributed by atoms with Gasteiger partial charge in [-0.25, -0.2) is 0 Å². The lowest BCUT2D eigenvalue weighted by Gasteiger charge is -2.30. The van der Waals surface area contributed by atoms with Gasteiger partial charge in [-0.3, -0.25) is 0 Å². The first kappa shape index (κ1) is 15.1. The van der Waals surface area contributed by atoms with Crippen LogP contribution in [0.4, 0.5) is 0 Å². The van der Waals surface area contributed by atoms with Crippen LogP contribution < -0.4 is 0 Å². The van der Waals surface area contributed by atoms with Gasteiger partial charge in [0.2, 0.25) is 0 Å². The van der Waals surface area contributed by atoms with Crippen molar-refractivity contribution in [1.29, 1.82) is 0 Å². The number of hydrogen-bond donors (Lipinski definition) is 0. The molecule has 3 aromatic rings. The van der Waals surface area contributed by atoms with Crippen molar-refractivity contribution in [1.82, 2.24) is 0 Å². The van der Waals surface area contributed by atoms with Gasteiger partial charge in [-0.05, 0) is 60.7 Å². The summed E-state index contributed by atoms with van der Waals surface area (Å²) in [7, 11) is 0. The second kappa shape index (κ2) is 4.72. The highest BCUT2D eigenvalue weighted by Crippen LogP contribution is 2.51. The molecule has 3 aromatic carbocycles. The third kappa shape index (κ3) is 1.92. The standard InChI is InChI=1S/C23H22O2/c1-22(2)23(3,4)25-21(24-22)19-13-12-18-15-9-6-5-8-14(15)16-10-7-11-17(19)20(16)18/h5-13,21H,1-4H3. The van der Waals surface area contributed by atoms with E-state index in [1.54, 1.807) is 0 Å². The second-order valence-corrected chi connectivity index (χ2v) is 8.06. The summed E-state index contributed by atoms with van der Waals surface area (Å²) in [5.74, 6) is 0. The number of ether oxygens (including phenoxy) is 2. The summed E-state index contributed by atoms with van der Waals surface area (Å²) in [6, 6.07) is 19.6. The molecule has 126 valence electrons. The van der Waals surface area contributed by atoms with Crippen molar-refractivity contribution in [3.8, 4) is 22.3 Å². The van der Waals surface area contributed by atoms with Crippen molar-refractivity contribution in [3.05, 3.63) is 60.2 Å². The van der Waals surface area contributed by atoms with Crippen LogP contribution in [0.1, 0.15) is 39.5 Å². The highest BCUT2D eigenvalue weighted by atomic mass is 16.7. The minimum atomic E-state index is -0.335. The topological polar surface area (TPSA) is 18.5 Å². The van der Waals surface area contributed by atoms with Crippen molar-refractivity contribution in [2.45, 2.75) is 45.2 Å². The molecule has 0 spiro atoms. The molecule has 2 aliphatic rings. The van der Waals surface area contributed by atoms with Crippen LogP contribution in [0.2, 0.25) is 0 Å². The van der Waals surface area contributed by atoms with Gasteiger partial charge in [0.25, 0.3) is 0 Å². The maximum Gasteiger partial charge on any atom is 0.185 e. The summed E-state index contributed by atoms with van der Waals surface area (Å²) in [6.07, 6.45) is -0.335. The van der Waals surface area contributed by atoms with Gasteiger partial charge in [0, 0.05) is 5.56 Å². The molecule has 25 heavy (non-hydrogen) atoms. The zero-order valence-corrected chi connectivity index (χ0v) is 15.1. The maximum absolute atomic E-state index is 6.31. The Kier molecular flexibility index (Phi) is 2.85. The third-order valence-corrected chi connectivity index (χ3v) is 6.09. The summed E-state index contributed by atoms with van der Waals surface area (Å²) < 4.78 is 12.6. The van der Waals surface area contributed by atoms with E-state index in [1.165, 1.54) is 33.0 Å². The van der Waals surface area contributed by atoms with Crippen LogP contribution in [-0.4, -0.2) is 11.2 Å². The van der Waals surface area contributed by atoms with Gasteiger partial charge < -0.3 is 9.47 Å². The zero-order valence-electron chi connectivity index (χ0n) is 15.1. The van der Waals surface area contributed by atoms with E-state index >= 15 is 0 Å². The van der Waals surface area contributed by atoms with Crippen LogP contribution in [0.3, 0.4) is 0 Å². The number of rotatable bonds is 1. The Morgan fingerprint density at radius 3 is 1.84 bits per heavy atom. The molecule has 0 radical (unpaired) electrons. The van der Waals surface area contributed by atoms with Crippen LogP contribution in [0.15, 0.2) is 54.6 Å². The molecule has 0 aromatic heterocycles. The summed E-state index contributed by atoms with van der Waals surface area (Å²) in [5, 5.41) is 2.54. The quantitative estimate of drug-likeness (QED) is 0.420. The molecule has 1 aliphatic carbocycles. The van der Waals surface area contributed by atoms with Crippen LogP contribution in [0.25, 0.3) is 33.0 Å². The van der Waals surface area contributed by atoms with Crippen molar-refractivity contribution in [3.63, 3.8) is 0 Å². The number of hydrogen-bond acceptors (Lipinski definition) is 2. The van der Waals surface area contributed by atoms with E-state index in [2.05, 4.69) is 82.3 Å². The van der Waals surface area contributed by atoms with Gasteiger partial charge in [0.15, 0.2) is 6.29 Å². The van der Waals surface area contributed by atoms with E-state index in [1.807, 2.05) is 0 Å². The van der Waals surface area contributed by atoms with E-state index in [9.17, 15) is 0 Å². The minimum absolute atomic E-state index is 0.330. The SMILES string of the molecule is CC1(C)OC(c2ccc3c4c(cccc24)-c2ccccc2-3)OC1(C)C. The Labute approximate surface area is 148 Å². The molecule has 2 nitrogen and oxygen atoms in total. The smallest absolute Gasteiger partial charge is 0.185 e. The largest absolute Gasteiger partial charge is 0.339 e. The fourth-order valence-electron chi connectivity index (χ4n) is 4.01. The first-order chi connectivity index (χ1) is 11.9. The average Bonchev–Trinajstić information content (AvgIpc) is 3.01. The molecule has 1 fully saturated rings. The summed E-state index contributed by atoms with van der Waals surface area (Å²) in [5.41, 5.74) is 5.70. The van der Waals surface area contributed by atoms with Crippen LogP contribution in [-0.2, 0) is 9.47 Å². The summed E-state index contributed by atoms with van der Waals surface area (Å²) in [6.45, 7) is 8.40. The monoisotopic (exact) mass is 330 g/mol. The van der Waals surface area contributed by atoms with Gasteiger partial charge in [0.1, 0.15) is 0 Å². The van der Waals surface area contributed by atoms with Crippen molar-refractivity contribution in [2.75, 3.05) is 0 Å². The maximum atomic E-state index is 6.31. The Bertz CT molecular complexity index is 969. The fourth-order valence-corrected chi connectivity index (χ4v) is 4.01. The molecule has 1 heterocycles. The minimum Gasteiger partial charge on any atom is -0.339 e. The fraction of sp³-hybridized carbons (Fsp3) is 0.304. The Balaban J connectivity index is 1.73. The molecule has 0 atom stereocenters. The lowest BCUT2D eigenvalue weighted by atomic mass is 9.90. The first-order valence-corrected chi connectivity index (χ1v) is 8.90. The molecule has 0 unspecified atom stereocenters. The first-order valence-electron chi connectivity index (χ1n) is 8.90. The van der Waals surface area contributed by atoms with E-state index < -0.39 is 0 Å². The predicted octanol–water partition coefficient (Wildman–Crippen LogP) is 6.09. The van der Waals surface area contributed by atoms with Crippen molar-refractivity contribution in [2.24, 2.45) is 0 Å². The average molecular weight is 330 g/mol. The summed E-state index contributed by atoms with van der Waals surface area (Å²) >= 11 is 0. The molecule has 0 N–H and O–H groups in total. The predicted molar refractivity (Wildman–Crippen MR) is 101 cm³/mol. The molecule has 5 rings (SSSR count). The highest BCUT2D eigenvalue weighted by molar-refractivity contribution is 6.16. The molecule has 1 aliphatic heterocycles. The summed E-state index contributed by atoms with van der Waals surface area (Å²) in [4.78, 5) is 0. The Morgan fingerprint density at radius 1 is 0.640 bits per heavy atom. The lowest BCUT2D eigenvalue weighted by Crippen LogP contribution is -2.41. The Hall–Kier alpha value is -2.16. The third-order valence-electron chi connectivity index (χ3n) is 6.09. The van der Waals surface area contributed by atoms with E-state index in [0.717, 1.165) is 5.56 Å². The Morgan fingerprint density at radius 2 is 1.20 bits per heavy atom. The van der Waals surface area contributed by atoms with Crippen molar-refractivity contribution < 1.29 is 9.47 Å². The lowest BCUT2D eigenvalue weighted by molar-refractivity contribution is -0.0885. The molecule has 0 amide bonds. The molecule has 0 saturated carbocycles. The number of fused-ring (bicyclic) bond motifs is 3. The molecular weight excluding hydrogens is 308 g/mol. The second-order valence-electron chi connectivity index (χ2n) is 8.06.